The van der Waals surface area contributed by atoms with Gasteiger partial charge in [0.05, 0.1) is 12.8 Å². The fraction of sp³-hybridized carbons (Fsp3) is 0.308. The third kappa shape index (κ3) is 3.44. The van der Waals surface area contributed by atoms with Crippen molar-refractivity contribution < 1.29 is 33.7 Å². The molecule has 1 fully saturated rings. The second-order valence-electron chi connectivity index (χ2n) is 4.30. The number of hydrogen-bond acceptors (Lipinski definition) is 8. The van der Waals surface area contributed by atoms with Gasteiger partial charge in [-0.3, -0.25) is 15.6 Å². The van der Waals surface area contributed by atoms with Gasteiger partial charge in [0.1, 0.15) is 18.5 Å². The van der Waals surface area contributed by atoms with Gasteiger partial charge in [-0.05, 0) is 12.1 Å². The molecule has 1 aliphatic rings. The molecule has 1 aliphatic heterocycles. The number of esters is 2. The summed E-state index contributed by atoms with van der Waals surface area (Å²) in [7, 11) is 1.45. The normalized spacial score (nSPS) is 20.0. The number of methoxy groups -OCH3 is 1. The lowest BCUT2D eigenvalue weighted by molar-refractivity contribution is -0.167. The van der Waals surface area contributed by atoms with E-state index in [4.69, 9.17) is 4.74 Å². The Hall–Kier alpha value is -2.81. The first kappa shape index (κ1) is 15.6. The van der Waals surface area contributed by atoms with Crippen molar-refractivity contribution in [3.63, 3.8) is 0 Å². The number of cyclic esters (lactones) is 1. The number of rotatable bonds is 4. The quantitative estimate of drug-likeness (QED) is 0.366. The molecule has 0 radical (unpaired) electrons. The van der Waals surface area contributed by atoms with Crippen molar-refractivity contribution in [2.24, 2.45) is 0 Å². The van der Waals surface area contributed by atoms with Crippen LogP contribution in [-0.2, 0) is 23.9 Å². The Morgan fingerprint density at radius 2 is 2.09 bits per heavy atom. The van der Waals surface area contributed by atoms with Crippen molar-refractivity contribution >= 4 is 23.5 Å². The highest BCUT2D eigenvalue weighted by atomic mass is 16.6. The maximum atomic E-state index is 11.6. The standard InChI is InChI=1S/C13H14N2O7/c1-20-9-5-3-2-4-7(9)14-15-11(17)13(19)22-10-8(16)6-21-12(10)18/h2-5,8,10,14,16H,6H2,1H3,(H,15,17)/t8-,10+/m0/s1. The maximum absolute atomic E-state index is 11.6. The summed E-state index contributed by atoms with van der Waals surface area (Å²) in [4.78, 5) is 34.3. The smallest absolute Gasteiger partial charge is 0.399 e. The number of amides is 1. The van der Waals surface area contributed by atoms with Gasteiger partial charge in [0.25, 0.3) is 0 Å². The maximum Gasteiger partial charge on any atom is 0.399 e. The zero-order valence-electron chi connectivity index (χ0n) is 11.6. The SMILES string of the molecule is COc1ccccc1NNC(=O)C(=O)O[C@H]1C(=O)OC[C@@H]1O. The van der Waals surface area contributed by atoms with Crippen molar-refractivity contribution in [1.29, 1.82) is 0 Å². The van der Waals surface area contributed by atoms with Crippen LogP contribution in [0.25, 0.3) is 0 Å². The van der Waals surface area contributed by atoms with Crippen LogP contribution in [0.3, 0.4) is 0 Å². The van der Waals surface area contributed by atoms with Crippen LogP contribution in [0, 0.1) is 0 Å². The molecule has 0 bridgehead atoms. The second kappa shape index (κ2) is 6.76. The third-order valence-electron chi connectivity index (χ3n) is 2.82. The fourth-order valence-corrected chi connectivity index (χ4v) is 1.71. The first-order valence-corrected chi connectivity index (χ1v) is 6.27. The van der Waals surface area contributed by atoms with Crippen LogP contribution < -0.4 is 15.6 Å². The zero-order chi connectivity index (χ0) is 16.1. The van der Waals surface area contributed by atoms with Gasteiger partial charge in [-0.15, -0.1) is 0 Å². The van der Waals surface area contributed by atoms with E-state index in [1.807, 2.05) is 0 Å². The molecular formula is C13H14N2O7. The number of anilines is 1. The van der Waals surface area contributed by atoms with E-state index in [9.17, 15) is 19.5 Å². The molecular weight excluding hydrogens is 296 g/mol. The summed E-state index contributed by atoms with van der Waals surface area (Å²) in [6.07, 6.45) is -2.78. The number of hydrogen-bond donors (Lipinski definition) is 3. The third-order valence-corrected chi connectivity index (χ3v) is 2.82. The zero-order valence-corrected chi connectivity index (χ0v) is 11.6. The first-order chi connectivity index (χ1) is 10.5. The molecule has 0 aliphatic carbocycles. The Kier molecular flexibility index (Phi) is 4.79. The van der Waals surface area contributed by atoms with E-state index in [0.717, 1.165) is 0 Å². The number of para-hydroxylation sites is 2. The molecule has 1 aromatic rings. The lowest BCUT2D eigenvalue weighted by Crippen LogP contribution is -2.41. The highest BCUT2D eigenvalue weighted by molar-refractivity contribution is 6.32. The molecule has 1 aromatic carbocycles. The topological polar surface area (TPSA) is 123 Å². The first-order valence-electron chi connectivity index (χ1n) is 6.27. The Balaban J connectivity index is 1.89. The predicted octanol–water partition coefficient (Wildman–Crippen LogP) is -1.03. The van der Waals surface area contributed by atoms with E-state index < -0.39 is 30.1 Å². The van der Waals surface area contributed by atoms with E-state index in [0.29, 0.717) is 11.4 Å². The molecule has 9 heteroatoms. The fourth-order valence-electron chi connectivity index (χ4n) is 1.71. The van der Waals surface area contributed by atoms with Crippen LogP contribution >= 0.6 is 0 Å². The van der Waals surface area contributed by atoms with Crippen molar-refractivity contribution in [3.05, 3.63) is 24.3 Å². The number of hydrazine groups is 1. The summed E-state index contributed by atoms with van der Waals surface area (Å²) in [5.41, 5.74) is 5.01. The van der Waals surface area contributed by atoms with Crippen LogP contribution in [0.2, 0.25) is 0 Å². The van der Waals surface area contributed by atoms with Gasteiger partial charge >= 0.3 is 17.8 Å². The summed E-state index contributed by atoms with van der Waals surface area (Å²) in [6.45, 7) is -0.280. The minimum absolute atomic E-state index is 0.280. The Labute approximate surface area is 125 Å². The van der Waals surface area contributed by atoms with Crippen LogP contribution in [0.5, 0.6) is 5.75 Å². The molecule has 2 atom stereocenters. The molecule has 0 unspecified atom stereocenters. The minimum Gasteiger partial charge on any atom is -0.495 e. The van der Waals surface area contributed by atoms with Crippen molar-refractivity contribution in [2.45, 2.75) is 12.2 Å². The van der Waals surface area contributed by atoms with Gasteiger partial charge < -0.3 is 19.3 Å². The van der Waals surface area contributed by atoms with E-state index in [1.165, 1.54) is 7.11 Å². The highest BCUT2D eigenvalue weighted by Crippen LogP contribution is 2.21. The second-order valence-corrected chi connectivity index (χ2v) is 4.30. The summed E-state index contributed by atoms with van der Waals surface area (Å²) in [5, 5.41) is 9.38. The van der Waals surface area contributed by atoms with E-state index in [1.54, 1.807) is 24.3 Å². The van der Waals surface area contributed by atoms with Gasteiger partial charge in [-0.1, -0.05) is 12.1 Å². The van der Waals surface area contributed by atoms with E-state index in [2.05, 4.69) is 20.3 Å². The molecule has 1 saturated heterocycles. The molecule has 0 spiro atoms. The molecule has 9 nitrogen and oxygen atoms in total. The van der Waals surface area contributed by atoms with Crippen LogP contribution in [-0.4, -0.2) is 48.9 Å². The molecule has 0 aromatic heterocycles. The number of benzene rings is 1. The molecule has 0 saturated carbocycles. The minimum atomic E-state index is -1.50. The monoisotopic (exact) mass is 310 g/mol. The van der Waals surface area contributed by atoms with Crippen molar-refractivity contribution in [1.82, 2.24) is 5.43 Å². The van der Waals surface area contributed by atoms with Crippen LogP contribution in [0.4, 0.5) is 5.69 Å². The average molecular weight is 310 g/mol. The predicted molar refractivity (Wildman–Crippen MR) is 71.6 cm³/mol. The van der Waals surface area contributed by atoms with Gasteiger partial charge in [-0.25, -0.2) is 9.59 Å². The number of aliphatic hydroxyl groups excluding tert-OH is 1. The molecule has 1 amide bonds. The Morgan fingerprint density at radius 1 is 1.36 bits per heavy atom. The number of ether oxygens (including phenoxy) is 3. The molecule has 118 valence electrons. The summed E-state index contributed by atoms with van der Waals surface area (Å²) in [6, 6.07) is 6.69. The van der Waals surface area contributed by atoms with E-state index in [-0.39, 0.29) is 6.61 Å². The van der Waals surface area contributed by atoms with Crippen molar-refractivity contribution in [2.75, 3.05) is 19.1 Å². The number of nitrogens with one attached hydrogen (secondary N) is 2. The summed E-state index contributed by atoms with van der Waals surface area (Å²) < 4.78 is 14.1. The van der Waals surface area contributed by atoms with E-state index >= 15 is 0 Å². The van der Waals surface area contributed by atoms with Gasteiger partial charge in [0.2, 0.25) is 6.10 Å². The van der Waals surface area contributed by atoms with Gasteiger partial charge in [0.15, 0.2) is 0 Å². The molecule has 3 N–H and O–H groups in total. The van der Waals surface area contributed by atoms with Gasteiger partial charge in [0, 0.05) is 0 Å². The van der Waals surface area contributed by atoms with Crippen molar-refractivity contribution in [3.8, 4) is 5.75 Å². The summed E-state index contributed by atoms with van der Waals surface area (Å²) in [5.74, 6) is -2.92. The number of carbonyl (C=O) groups is 3. The lowest BCUT2D eigenvalue weighted by atomic mass is 10.2. The lowest BCUT2D eigenvalue weighted by Gasteiger charge is -2.13. The van der Waals surface area contributed by atoms with Crippen LogP contribution in [0.1, 0.15) is 0 Å². The number of carbonyl (C=O) groups excluding carboxylic acids is 3. The largest absolute Gasteiger partial charge is 0.495 e. The molecule has 22 heavy (non-hydrogen) atoms. The average Bonchev–Trinajstić information content (AvgIpc) is 2.84. The molecule has 1 heterocycles. The van der Waals surface area contributed by atoms with Crippen LogP contribution in [0.15, 0.2) is 24.3 Å². The Bertz CT molecular complexity index is 590. The summed E-state index contributed by atoms with van der Waals surface area (Å²) >= 11 is 0. The number of aliphatic hydroxyl groups is 1. The molecule has 2 rings (SSSR count). The Morgan fingerprint density at radius 3 is 2.73 bits per heavy atom. The van der Waals surface area contributed by atoms with Gasteiger partial charge in [-0.2, -0.15) is 0 Å². The highest BCUT2D eigenvalue weighted by Gasteiger charge is 2.40.